The maximum Gasteiger partial charge on any atom is 0.224 e. The Morgan fingerprint density at radius 3 is 2.85 bits per heavy atom. The SMILES string of the molecule is CCCNc1ncc(F)c(N2CC(C)CC(C)C2C)n1. The van der Waals surface area contributed by atoms with Gasteiger partial charge < -0.3 is 10.2 Å². The molecule has 0 spiro atoms. The van der Waals surface area contributed by atoms with E-state index < -0.39 is 0 Å². The minimum absolute atomic E-state index is 0.301. The Balaban J connectivity index is 2.25. The Morgan fingerprint density at radius 1 is 1.40 bits per heavy atom. The van der Waals surface area contributed by atoms with Gasteiger partial charge in [0, 0.05) is 19.1 Å². The highest BCUT2D eigenvalue weighted by Crippen LogP contribution is 2.31. The normalized spacial score (nSPS) is 26.6. The molecular weight excluding hydrogens is 255 g/mol. The second-order valence-corrected chi connectivity index (χ2v) is 6.00. The van der Waals surface area contributed by atoms with Crippen molar-refractivity contribution in [3.8, 4) is 0 Å². The molecule has 0 radical (unpaired) electrons. The second-order valence-electron chi connectivity index (χ2n) is 6.00. The van der Waals surface area contributed by atoms with Crippen LogP contribution in [-0.2, 0) is 0 Å². The zero-order valence-electron chi connectivity index (χ0n) is 12.9. The third-order valence-electron chi connectivity index (χ3n) is 4.13. The van der Waals surface area contributed by atoms with Crippen LogP contribution in [0.2, 0.25) is 0 Å². The predicted octanol–water partition coefficient (Wildman–Crippen LogP) is 3.31. The molecular formula is C15H25FN4. The summed E-state index contributed by atoms with van der Waals surface area (Å²) in [4.78, 5) is 10.5. The van der Waals surface area contributed by atoms with Crippen LogP contribution in [0.1, 0.15) is 40.5 Å². The first-order chi connectivity index (χ1) is 9.52. The summed E-state index contributed by atoms with van der Waals surface area (Å²) in [5, 5.41) is 3.12. The monoisotopic (exact) mass is 280 g/mol. The van der Waals surface area contributed by atoms with Crippen molar-refractivity contribution in [1.29, 1.82) is 0 Å². The third kappa shape index (κ3) is 3.19. The van der Waals surface area contributed by atoms with Crippen molar-refractivity contribution in [3.63, 3.8) is 0 Å². The molecule has 2 rings (SSSR count). The fraction of sp³-hybridized carbons (Fsp3) is 0.733. The summed E-state index contributed by atoms with van der Waals surface area (Å²) in [6, 6.07) is 0.301. The molecule has 0 aromatic carbocycles. The predicted molar refractivity (Wildman–Crippen MR) is 80.5 cm³/mol. The summed E-state index contributed by atoms with van der Waals surface area (Å²) in [6.45, 7) is 10.3. The van der Waals surface area contributed by atoms with Crippen LogP contribution in [0.3, 0.4) is 0 Å². The Hall–Kier alpha value is -1.39. The molecule has 4 nitrogen and oxygen atoms in total. The van der Waals surface area contributed by atoms with E-state index in [1.807, 2.05) is 0 Å². The molecule has 2 heterocycles. The molecule has 0 saturated carbocycles. The summed E-state index contributed by atoms with van der Waals surface area (Å²) < 4.78 is 14.1. The molecule has 3 unspecified atom stereocenters. The van der Waals surface area contributed by atoms with Crippen molar-refractivity contribution < 1.29 is 4.39 Å². The Kier molecular flexibility index (Phi) is 4.78. The zero-order chi connectivity index (χ0) is 14.7. The standard InChI is InChI=1S/C15H25FN4/c1-5-6-17-15-18-8-13(16)14(19-15)20-9-10(2)7-11(3)12(20)4/h8,10-12H,5-7,9H2,1-4H3,(H,17,18,19). The Morgan fingerprint density at radius 2 is 2.15 bits per heavy atom. The topological polar surface area (TPSA) is 41.1 Å². The molecule has 1 saturated heterocycles. The van der Waals surface area contributed by atoms with E-state index in [4.69, 9.17) is 0 Å². The molecule has 1 aliphatic heterocycles. The second kappa shape index (κ2) is 6.37. The number of hydrogen-bond acceptors (Lipinski definition) is 4. The van der Waals surface area contributed by atoms with Crippen LogP contribution in [0, 0.1) is 17.7 Å². The summed E-state index contributed by atoms with van der Waals surface area (Å²) in [5.41, 5.74) is 0. The van der Waals surface area contributed by atoms with Crippen molar-refractivity contribution in [1.82, 2.24) is 9.97 Å². The molecule has 1 aromatic heterocycles. The molecule has 1 N–H and O–H groups in total. The van der Waals surface area contributed by atoms with Gasteiger partial charge in [0.05, 0.1) is 6.20 Å². The highest BCUT2D eigenvalue weighted by Gasteiger charge is 2.31. The van der Waals surface area contributed by atoms with Gasteiger partial charge in [-0.3, -0.25) is 0 Å². The van der Waals surface area contributed by atoms with Crippen molar-refractivity contribution in [2.75, 3.05) is 23.3 Å². The van der Waals surface area contributed by atoms with E-state index in [1.54, 1.807) is 0 Å². The smallest absolute Gasteiger partial charge is 0.224 e. The maximum atomic E-state index is 14.1. The van der Waals surface area contributed by atoms with Crippen LogP contribution in [0.25, 0.3) is 0 Å². The van der Waals surface area contributed by atoms with Crippen molar-refractivity contribution >= 4 is 11.8 Å². The number of aromatic nitrogens is 2. The molecule has 0 amide bonds. The van der Waals surface area contributed by atoms with Crippen molar-refractivity contribution in [3.05, 3.63) is 12.0 Å². The Bertz CT molecular complexity index is 451. The van der Waals surface area contributed by atoms with Gasteiger partial charge in [-0.15, -0.1) is 0 Å². The zero-order valence-corrected chi connectivity index (χ0v) is 12.9. The van der Waals surface area contributed by atoms with Crippen LogP contribution in [0.4, 0.5) is 16.2 Å². The average molecular weight is 280 g/mol. The van der Waals surface area contributed by atoms with Crippen LogP contribution in [0.15, 0.2) is 6.20 Å². The Labute approximate surface area is 120 Å². The molecule has 3 atom stereocenters. The highest BCUT2D eigenvalue weighted by molar-refractivity contribution is 5.45. The van der Waals surface area contributed by atoms with E-state index in [0.29, 0.717) is 29.6 Å². The minimum Gasteiger partial charge on any atom is -0.354 e. The van der Waals surface area contributed by atoms with Gasteiger partial charge in [-0.25, -0.2) is 9.37 Å². The molecule has 1 aliphatic rings. The van der Waals surface area contributed by atoms with Gasteiger partial charge in [0.25, 0.3) is 0 Å². The van der Waals surface area contributed by atoms with Gasteiger partial charge in [0.2, 0.25) is 5.95 Å². The first-order valence-electron chi connectivity index (χ1n) is 7.56. The molecule has 5 heteroatoms. The van der Waals surface area contributed by atoms with Crippen LogP contribution in [-0.4, -0.2) is 29.1 Å². The number of anilines is 2. The average Bonchev–Trinajstić information content (AvgIpc) is 2.42. The van der Waals surface area contributed by atoms with E-state index in [9.17, 15) is 4.39 Å². The number of nitrogens with one attached hydrogen (secondary N) is 1. The van der Waals surface area contributed by atoms with Gasteiger partial charge >= 0.3 is 0 Å². The number of nitrogens with zero attached hydrogens (tertiary/aromatic N) is 3. The third-order valence-corrected chi connectivity index (χ3v) is 4.13. The lowest BCUT2D eigenvalue weighted by atomic mass is 9.86. The fourth-order valence-corrected chi connectivity index (χ4v) is 2.88. The molecule has 112 valence electrons. The number of rotatable bonds is 4. The summed E-state index contributed by atoms with van der Waals surface area (Å²) in [7, 11) is 0. The lowest BCUT2D eigenvalue weighted by molar-refractivity contribution is 0.293. The van der Waals surface area contributed by atoms with Crippen LogP contribution >= 0.6 is 0 Å². The van der Waals surface area contributed by atoms with Crippen LogP contribution < -0.4 is 10.2 Å². The maximum absolute atomic E-state index is 14.1. The minimum atomic E-state index is -0.333. The van der Waals surface area contributed by atoms with Crippen molar-refractivity contribution in [2.45, 2.75) is 46.6 Å². The van der Waals surface area contributed by atoms with Gasteiger partial charge in [0.15, 0.2) is 11.6 Å². The van der Waals surface area contributed by atoms with E-state index in [-0.39, 0.29) is 5.82 Å². The number of halogens is 1. The van der Waals surface area contributed by atoms with Crippen molar-refractivity contribution in [2.24, 2.45) is 11.8 Å². The number of hydrogen-bond donors (Lipinski definition) is 1. The van der Waals surface area contributed by atoms with Gasteiger partial charge in [0.1, 0.15) is 0 Å². The molecule has 1 aromatic rings. The first kappa shape index (κ1) is 15.0. The van der Waals surface area contributed by atoms with E-state index in [2.05, 4.69) is 47.9 Å². The number of piperidine rings is 1. The largest absolute Gasteiger partial charge is 0.354 e. The molecule has 1 fully saturated rings. The molecule has 20 heavy (non-hydrogen) atoms. The highest BCUT2D eigenvalue weighted by atomic mass is 19.1. The molecule has 0 aliphatic carbocycles. The lowest BCUT2D eigenvalue weighted by Gasteiger charge is -2.41. The summed E-state index contributed by atoms with van der Waals surface area (Å²) in [5.74, 6) is 1.72. The first-order valence-corrected chi connectivity index (χ1v) is 7.56. The van der Waals surface area contributed by atoms with Gasteiger partial charge in [-0.05, 0) is 31.6 Å². The van der Waals surface area contributed by atoms with E-state index in [1.165, 1.54) is 12.6 Å². The summed E-state index contributed by atoms with van der Waals surface area (Å²) >= 11 is 0. The quantitative estimate of drug-likeness (QED) is 0.918. The summed E-state index contributed by atoms with van der Waals surface area (Å²) in [6.07, 6.45) is 3.45. The fourth-order valence-electron chi connectivity index (χ4n) is 2.88. The van der Waals surface area contributed by atoms with Gasteiger partial charge in [-0.2, -0.15) is 4.98 Å². The molecule has 0 bridgehead atoms. The lowest BCUT2D eigenvalue weighted by Crippen LogP contribution is -2.46. The van der Waals surface area contributed by atoms with Crippen LogP contribution in [0.5, 0.6) is 0 Å². The van der Waals surface area contributed by atoms with Gasteiger partial charge in [-0.1, -0.05) is 20.8 Å². The van der Waals surface area contributed by atoms with E-state index >= 15 is 0 Å². The van der Waals surface area contributed by atoms with E-state index in [0.717, 1.165) is 19.5 Å².